The lowest BCUT2D eigenvalue weighted by Gasteiger charge is -2.35. The van der Waals surface area contributed by atoms with E-state index in [0.29, 0.717) is 18.2 Å². The van der Waals surface area contributed by atoms with E-state index < -0.39 is 64.1 Å². The Kier molecular flexibility index (Phi) is 5.86. The van der Waals surface area contributed by atoms with E-state index in [1.165, 1.54) is 6.92 Å². The van der Waals surface area contributed by atoms with Crippen LogP contribution in [0.3, 0.4) is 0 Å². The summed E-state index contributed by atoms with van der Waals surface area (Å²) in [6.07, 6.45) is -4.89. The van der Waals surface area contributed by atoms with E-state index in [2.05, 4.69) is 5.10 Å². The number of esters is 1. The molecule has 2 aromatic carbocycles. The summed E-state index contributed by atoms with van der Waals surface area (Å²) in [5.74, 6) is -8.79. The fraction of sp³-hybridized carbons (Fsp3) is 0.217. The Labute approximate surface area is 193 Å². The number of hydrogen-bond acceptors (Lipinski definition) is 5. The molecule has 0 saturated heterocycles. The highest BCUT2D eigenvalue weighted by molar-refractivity contribution is 6.12. The molecule has 0 N–H and O–H groups in total. The lowest BCUT2D eigenvalue weighted by atomic mass is 9.78. The zero-order valence-electron chi connectivity index (χ0n) is 18.0. The predicted octanol–water partition coefficient (Wildman–Crippen LogP) is 5.79. The molecule has 35 heavy (non-hydrogen) atoms. The SMILES string of the molecule is COC(=O)C1(C)C(c2ccc(C(F)(F)F)o2)C(c2ccc(F)cc2F)=NN1c1ccc(F)cc1F. The van der Waals surface area contributed by atoms with Crippen molar-refractivity contribution in [3.63, 3.8) is 0 Å². The summed E-state index contributed by atoms with van der Waals surface area (Å²) < 4.78 is 106. The number of carbonyl (C=O) groups is 1. The van der Waals surface area contributed by atoms with Crippen LogP contribution in [0.4, 0.5) is 36.4 Å². The lowest BCUT2D eigenvalue weighted by Crippen LogP contribution is -2.53. The van der Waals surface area contributed by atoms with Gasteiger partial charge in [-0.05, 0) is 43.3 Å². The van der Waals surface area contributed by atoms with Crippen molar-refractivity contribution in [3.05, 3.63) is 88.9 Å². The summed E-state index contributed by atoms with van der Waals surface area (Å²) >= 11 is 0. The second-order valence-corrected chi connectivity index (χ2v) is 7.79. The zero-order chi connectivity index (χ0) is 25.7. The van der Waals surface area contributed by atoms with Crippen LogP contribution in [0.2, 0.25) is 0 Å². The molecular formula is C23H15F7N2O3. The highest BCUT2D eigenvalue weighted by Crippen LogP contribution is 2.47. The quantitative estimate of drug-likeness (QED) is 0.336. The fourth-order valence-electron chi connectivity index (χ4n) is 4.00. The lowest BCUT2D eigenvalue weighted by molar-refractivity contribution is -0.153. The number of nitrogens with zero attached hydrogens (tertiary/aromatic N) is 2. The average molecular weight is 500 g/mol. The number of hydrazone groups is 1. The molecule has 12 heteroatoms. The van der Waals surface area contributed by atoms with E-state index in [0.717, 1.165) is 42.5 Å². The molecular weight excluding hydrogens is 485 g/mol. The highest BCUT2D eigenvalue weighted by Gasteiger charge is 2.58. The number of carbonyl (C=O) groups excluding carboxylic acids is 1. The fourth-order valence-corrected chi connectivity index (χ4v) is 4.00. The number of rotatable bonds is 4. The number of methoxy groups -OCH3 is 1. The summed E-state index contributed by atoms with van der Waals surface area (Å²) in [5, 5.41) is 4.90. The summed E-state index contributed by atoms with van der Waals surface area (Å²) in [4.78, 5) is 13.0. The van der Waals surface area contributed by atoms with E-state index in [9.17, 15) is 35.5 Å². The van der Waals surface area contributed by atoms with Crippen molar-refractivity contribution < 1.29 is 44.7 Å². The van der Waals surface area contributed by atoms with Crippen molar-refractivity contribution in [1.82, 2.24) is 0 Å². The first-order chi connectivity index (χ1) is 16.4. The second-order valence-electron chi connectivity index (χ2n) is 7.79. The first-order valence-corrected chi connectivity index (χ1v) is 9.92. The van der Waals surface area contributed by atoms with E-state index in [-0.39, 0.29) is 11.3 Å². The maximum Gasteiger partial charge on any atom is 0.449 e. The Balaban J connectivity index is 2.01. The van der Waals surface area contributed by atoms with Gasteiger partial charge in [0.25, 0.3) is 0 Å². The van der Waals surface area contributed by atoms with E-state index in [4.69, 9.17) is 9.15 Å². The summed E-state index contributed by atoms with van der Waals surface area (Å²) in [7, 11) is 0.976. The predicted molar refractivity (Wildman–Crippen MR) is 109 cm³/mol. The van der Waals surface area contributed by atoms with Crippen molar-refractivity contribution in [2.45, 2.75) is 24.6 Å². The molecule has 0 amide bonds. The van der Waals surface area contributed by atoms with Crippen molar-refractivity contribution in [3.8, 4) is 0 Å². The molecule has 2 unspecified atom stereocenters. The van der Waals surface area contributed by atoms with Gasteiger partial charge in [-0.3, -0.25) is 0 Å². The molecule has 4 rings (SSSR count). The van der Waals surface area contributed by atoms with Crippen LogP contribution in [-0.4, -0.2) is 24.3 Å². The zero-order valence-corrected chi connectivity index (χ0v) is 18.0. The molecule has 0 radical (unpaired) electrons. The van der Waals surface area contributed by atoms with Crippen molar-refractivity contribution >= 4 is 17.4 Å². The molecule has 0 aliphatic carbocycles. The van der Waals surface area contributed by atoms with Crippen LogP contribution in [-0.2, 0) is 15.7 Å². The molecule has 1 aliphatic heterocycles. The highest BCUT2D eigenvalue weighted by atomic mass is 19.4. The molecule has 184 valence electrons. The number of alkyl halides is 3. The van der Waals surface area contributed by atoms with Crippen LogP contribution in [0.5, 0.6) is 0 Å². The second kappa shape index (κ2) is 8.43. The minimum Gasteiger partial charge on any atom is -0.467 e. The van der Waals surface area contributed by atoms with E-state index in [1.807, 2.05) is 0 Å². The Morgan fingerprint density at radius 1 is 1.00 bits per heavy atom. The summed E-state index contributed by atoms with van der Waals surface area (Å²) in [5.41, 5.74) is -3.35. The molecule has 1 aromatic heterocycles. The minimum absolute atomic E-state index is 0.373. The van der Waals surface area contributed by atoms with Gasteiger partial charge >= 0.3 is 12.1 Å². The molecule has 0 saturated carbocycles. The topological polar surface area (TPSA) is 55.0 Å². The number of halogens is 7. The Hall–Kier alpha value is -3.83. The smallest absolute Gasteiger partial charge is 0.449 e. The number of anilines is 1. The third-order valence-electron chi connectivity index (χ3n) is 5.62. The van der Waals surface area contributed by atoms with Gasteiger partial charge in [-0.2, -0.15) is 18.3 Å². The molecule has 0 bridgehead atoms. The molecule has 1 aliphatic rings. The first-order valence-electron chi connectivity index (χ1n) is 9.92. The molecule has 0 fully saturated rings. The van der Waals surface area contributed by atoms with Crippen molar-refractivity contribution in [2.24, 2.45) is 5.10 Å². The first kappa shape index (κ1) is 24.3. The van der Waals surface area contributed by atoms with Crippen LogP contribution < -0.4 is 5.01 Å². The van der Waals surface area contributed by atoms with E-state index in [1.54, 1.807) is 0 Å². The van der Waals surface area contributed by atoms with Gasteiger partial charge in [0.1, 0.15) is 23.2 Å². The number of hydrogen-bond donors (Lipinski definition) is 0. The molecule has 2 atom stereocenters. The van der Waals surface area contributed by atoms with Crippen LogP contribution in [0.15, 0.2) is 58.0 Å². The van der Waals surface area contributed by atoms with Gasteiger partial charge in [-0.15, -0.1) is 0 Å². The molecule has 0 spiro atoms. The van der Waals surface area contributed by atoms with Crippen molar-refractivity contribution in [2.75, 3.05) is 12.1 Å². The molecule has 2 heterocycles. The normalized spacial score (nSPS) is 20.2. The average Bonchev–Trinajstić information content (AvgIpc) is 3.37. The van der Waals surface area contributed by atoms with Gasteiger partial charge in [0.2, 0.25) is 5.76 Å². The Bertz CT molecular complexity index is 1330. The van der Waals surface area contributed by atoms with Gasteiger partial charge < -0.3 is 9.15 Å². The standard InChI is InChI=1S/C23H15F7N2O3/c1-22(21(33)34-2)19(17-7-8-18(35-17)23(28,29)30)20(13-5-3-11(24)9-14(13)26)31-32(22)16-6-4-12(25)10-15(16)27/h3-10,19H,1-2H3. The Morgan fingerprint density at radius 2 is 1.63 bits per heavy atom. The monoisotopic (exact) mass is 500 g/mol. The molecule has 3 aromatic rings. The van der Waals surface area contributed by atoms with Gasteiger partial charge in [-0.25, -0.2) is 27.4 Å². The van der Waals surface area contributed by atoms with Crippen LogP contribution in [0.1, 0.15) is 29.9 Å². The summed E-state index contributed by atoms with van der Waals surface area (Å²) in [6, 6.07) is 6.18. The maximum absolute atomic E-state index is 14.8. The van der Waals surface area contributed by atoms with Crippen molar-refractivity contribution in [1.29, 1.82) is 0 Å². The third kappa shape index (κ3) is 4.02. The largest absolute Gasteiger partial charge is 0.467 e. The Morgan fingerprint density at radius 3 is 2.17 bits per heavy atom. The third-order valence-corrected chi connectivity index (χ3v) is 5.62. The number of furan rings is 1. The molecule has 5 nitrogen and oxygen atoms in total. The number of ether oxygens (including phenoxy) is 1. The maximum atomic E-state index is 14.8. The number of benzene rings is 2. The van der Waals surface area contributed by atoms with Crippen LogP contribution in [0, 0.1) is 23.3 Å². The van der Waals surface area contributed by atoms with Gasteiger partial charge in [0.15, 0.2) is 11.4 Å². The van der Waals surface area contributed by atoms with Crippen LogP contribution >= 0.6 is 0 Å². The van der Waals surface area contributed by atoms with E-state index >= 15 is 0 Å². The minimum atomic E-state index is -4.89. The van der Waals surface area contributed by atoms with Crippen LogP contribution in [0.25, 0.3) is 0 Å². The van der Waals surface area contributed by atoms with Gasteiger partial charge in [0.05, 0.1) is 24.4 Å². The summed E-state index contributed by atoms with van der Waals surface area (Å²) in [6.45, 7) is 1.17. The van der Waals surface area contributed by atoms with Gasteiger partial charge in [0, 0.05) is 17.7 Å². The van der Waals surface area contributed by atoms with Gasteiger partial charge in [-0.1, -0.05) is 0 Å².